The second-order valence-electron chi connectivity index (χ2n) is 7.02. The van der Waals surface area contributed by atoms with Crippen molar-refractivity contribution in [3.8, 4) is 0 Å². The van der Waals surface area contributed by atoms with Gasteiger partial charge >= 0.3 is 0 Å². The Balaban J connectivity index is 1.85. The van der Waals surface area contributed by atoms with Gasteiger partial charge in [0, 0.05) is 11.5 Å². The summed E-state index contributed by atoms with van der Waals surface area (Å²) in [6.07, 6.45) is 0.987. The molecule has 0 heterocycles. The van der Waals surface area contributed by atoms with Gasteiger partial charge in [0.05, 0.1) is 0 Å². The lowest BCUT2D eigenvalue weighted by molar-refractivity contribution is 0.0963. The third-order valence-corrected chi connectivity index (χ3v) is 4.36. The van der Waals surface area contributed by atoms with Crippen LogP contribution in [-0.2, 0) is 5.41 Å². The molecule has 1 aliphatic rings. The molecule has 1 fully saturated rings. The van der Waals surface area contributed by atoms with Crippen LogP contribution in [-0.4, -0.2) is 5.78 Å². The number of Topliss-reactive ketones (excluding diaryl/α,β-unsaturated/α-hetero) is 1. The SMILES string of the molecule is CC(C)(C)c1ccccc1C(=O)C1CC1c1ccccc1. The predicted molar refractivity (Wildman–Crippen MR) is 86.8 cm³/mol. The second-order valence-corrected chi connectivity index (χ2v) is 7.02. The zero-order valence-electron chi connectivity index (χ0n) is 13.0. The van der Waals surface area contributed by atoms with E-state index in [0.717, 1.165) is 17.5 Å². The monoisotopic (exact) mass is 278 g/mol. The summed E-state index contributed by atoms with van der Waals surface area (Å²) in [6, 6.07) is 18.5. The average molecular weight is 278 g/mol. The quantitative estimate of drug-likeness (QED) is 0.724. The summed E-state index contributed by atoms with van der Waals surface area (Å²) in [4.78, 5) is 12.9. The molecule has 0 amide bonds. The van der Waals surface area contributed by atoms with Gasteiger partial charge in [-0.2, -0.15) is 0 Å². The number of benzene rings is 2. The van der Waals surface area contributed by atoms with Crippen molar-refractivity contribution in [2.75, 3.05) is 0 Å². The van der Waals surface area contributed by atoms with Crippen molar-refractivity contribution in [2.45, 2.75) is 38.5 Å². The number of carbonyl (C=O) groups excluding carboxylic acids is 1. The van der Waals surface area contributed by atoms with Crippen LogP contribution in [0, 0.1) is 5.92 Å². The van der Waals surface area contributed by atoms with Gasteiger partial charge in [0.15, 0.2) is 5.78 Å². The Labute approximate surface area is 127 Å². The third kappa shape index (κ3) is 2.78. The summed E-state index contributed by atoms with van der Waals surface area (Å²) in [5.74, 6) is 0.886. The van der Waals surface area contributed by atoms with E-state index in [1.807, 2.05) is 24.3 Å². The molecule has 1 saturated carbocycles. The van der Waals surface area contributed by atoms with Crippen LogP contribution in [0.2, 0.25) is 0 Å². The van der Waals surface area contributed by atoms with Gasteiger partial charge in [-0.3, -0.25) is 4.79 Å². The fourth-order valence-electron chi connectivity index (χ4n) is 3.11. The Kier molecular flexibility index (Phi) is 3.44. The van der Waals surface area contributed by atoms with Gasteiger partial charge in [-0.05, 0) is 28.9 Å². The van der Waals surface area contributed by atoms with E-state index >= 15 is 0 Å². The predicted octanol–water partition coefficient (Wildman–Crippen LogP) is 4.97. The van der Waals surface area contributed by atoms with E-state index in [1.165, 1.54) is 5.56 Å². The Morgan fingerprint density at radius 2 is 1.57 bits per heavy atom. The minimum absolute atomic E-state index is 0.00336. The second kappa shape index (κ2) is 5.14. The molecule has 1 heteroatoms. The molecule has 1 aliphatic carbocycles. The Morgan fingerprint density at radius 3 is 2.24 bits per heavy atom. The molecule has 2 unspecified atom stereocenters. The molecule has 1 nitrogen and oxygen atoms in total. The Morgan fingerprint density at radius 1 is 0.952 bits per heavy atom. The van der Waals surface area contributed by atoms with Crippen LogP contribution in [0.1, 0.15) is 54.6 Å². The molecule has 0 aliphatic heterocycles. The number of hydrogen-bond donors (Lipinski definition) is 0. The molecular weight excluding hydrogens is 256 g/mol. The zero-order chi connectivity index (χ0) is 15.0. The molecule has 2 aromatic rings. The lowest BCUT2D eigenvalue weighted by Crippen LogP contribution is -2.17. The molecule has 2 aromatic carbocycles. The number of rotatable bonds is 3. The van der Waals surface area contributed by atoms with E-state index in [4.69, 9.17) is 0 Å². The van der Waals surface area contributed by atoms with Crippen molar-refractivity contribution in [1.29, 1.82) is 0 Å². The zero-order valence-corrected chi connectivity index (χ0v) is 13.0. The van der Waals surface area contributed by atoms with Gasteiger partial charge in [-0.15, -0.1) is 0 Å². The summed E-state index contributed by atoms with van der Waals surface area (Å²) in [6.45, 7) is 6.50. The van der Waals surface area contributed by atoms with E-state index in [2.05, 4.69) is 51.1 Å². The molecule has 108 valence electrons. The fourth-order valence-corrected chi connectivity index (χ4v) is 3.11. The molecule has 0 N–H and O–H groups in total. The lowest BCUT2D eigenvalue weighted by atomic mass is 9.82. The molecule has 0 spiro atoms. The van der Waals surface area contributed by atoms with Crippen molar-refractivity contribution in [3.63, 3.8) is 0 Å². The lowest BCUT2D eigenvalue weighted by Gasteiger charge is -2.22. The van der Waals surface area contributed by atoms with Crippen LogP contribution in [0.4, 0.5) is 0 Å². The maximum absolute atomic E-state index is 12.9. The summed E-state index contributed by atoms with van der Waals surface area (Å²) in [5, 5.41) is 0. The maximum Gasteiger partial charge on any atom is 0.166 e. The average Bonchev–Trinajstić information content (AvgIpc) is 3.27. The smallest absolute Gasteiger partial charge is 0.166 e. The minimum atomic E-state index is 0.00336. The summed E-state index contributed by atoms with van der Waals surface area (Å²) in [5.41, 5.74) is 3.37. The highest BCUT2D eigenvalue weighted by atomic mass is 16.1. The van der Waals surface area contributed by atoms with Gasteiger partial charge in [-0.25, -0.2) is 0 Å². The molecule has 21 heavy (non-hydrogen) atoms. The molecule has 0 aromatic heterocycles. The van der Waals surface area contributed by atoms with E-state index in [1.54, 1.807) is 0 Å². The van der Waals surface area contributed by atoms with Crippen molar-refractivity contribution in [1.82, 2.24) is 0 Å². The minimum Gasteiger partial charge on any atom is -0.294 e. The molecular formula is C20H22O. The summed E-state index contributed by atoms with van der Waals surface area (Å²) >= 11 is 0. The van der Waals surface area contributed by atoms with Gasteiger partial charge in [0.1, 0.15) is 0 Å². The van der Waals surface area contributed by atoms with Crippen LogP contribution in [0.5, 0.6) is 0 Å². The first-order chi connectivity index (χ1) is 9.98. The molecule has 2 atom stereocenters. The Hall–Kier alpha value is -1.89. The van der Waals surface area contributed by atoms with E-state index in [0.29, 0.717) is 11.7 Å². The standard InChI is InChI=1S/C20H22O/c1-20(2,3)18-12-8-7-11-15(18)19(21)17-13-16(17)14-9-5-4-6-10-14/h4-12,16-17H,13H2,1-3H3. The third-order valence-electron chi connectivity index (χ3n) is 4.36. The summed E-state index contributed by atoms with van der Waals surface area (Å²) < 4.78 is 0. The van der Waals surface area contributed by atoms with Gasteiger partial charge < -0.3 is 0 Å². The van der Waals surface area contributed by atoms with Crippen LogP contribution < -0.4 is 0 Å². The van der Waals surface area contributed by atoms with Crippen molar-refractivity contribution < 1.29 is 4.79 Å². The fraction of sp³-hybridized carbons (Fsp3) is 0.350. The van der Waals surface area contributed by atoms with Gasteiger partial charge in [0.2, 0.25) is 0 Å². The van der Waals surface area contributed by atoms with E-state index in [-0.39, 0.29) is 11.3 Å². The first-order valence-corrected chi connectivity index (χ1v) is 7.67. The maximum atomic E-state index is 12.9. The molecule has 0 saturated heterocycles. The Bertz CT molecular complexity index is 649. The topological polar surface area (TPSA) is 17.1 Å². The first kappa shape index (κ1) is 14.1. The van der Waals surface area contributed by atoms with Crippen molar-refractivity contribution >= 4 is 5.78 Å². The molecule has 0 radical (unpaired) electrons. The molecule has 3 rings (SSSR count). The van der Waals surface area contributed by atoms with E-state index < -0.39 is 0 Å². The van der Waals surface area contributed by atoms with Crippen molar-refractivity contribution in [2.24, 2.45) is 5.92 Å². The molecule has 0 bridgehead atoms. The van der Waals surface area contributed by atoms with Crippen LogP contribution in [0.25, 0.3) is 0 Å². The van der Waals surface area contributed by atoms with Crippen LogP contribution >= 0.6 is 0 Å². The van der Waals surface area contributed by atoms with Crippen LogP contribution in [0.15, 0.2) is 54.6 Å². The normalized spacial score (nSPS) is 21.1. The number of ketones is 1. The highest BCUT2D eigenvalue weighted by molar-refractivity contribution is 6.01. The summed E-state index contributed by atoms with van der Waals surface area (Å²) in [7, 11) is 0. The highest BCUT2D eigenvalue weighted by Gasteiger charge is 2.44. The number of carbonyl (C=O) groups is 1. The first-order valence-electron chi connectivity index (χ1n) is 7.67. The highest BCUT2D eigenvalue weighted by Crippen LogP contribution is 2.49. The van der Waals surface area contributed by atoms with Gasteiger partial charge in [0.25, 0.3) is 0 Å². The van der Waals surface area contributed by atoms with E-state index in [9.17, 15) is 4.79 Å². The van der Waals surface area contributed by atoms with Crippen molar-refractivity contribution in [3.05, 3.63) is 71.3 Å². The van der Waals surface area contributed by atoms with Crippen LogP contribution in [0.3, 0.4) is 0 Å². The van der Waals surface area contributed by atoms with Gasteiger partial charge in [-0.1, -0.05) is 75.4 Å². The largest absolute Gasteiger partial charge is 0.294 e. The number of hydrogen-bond acceptors (Lipinski definition) is 1.